The van der Waals surface area contributed by atoms with Gasteiger partial charge in [0.05, 0.1) is 17.8 Å². The molecule has 4 nitrogen and oxygen atoms in total. The van der Waals surface area contributed by atoms with Crippen molar-refractivity contribution in [1.29, 1.82) is 0 Å². The molecular formula is C15H30Cl2O4W. The van der Waals surface area contributed by atoms with Gasteiger partial charge in [0.15, 0.2) is 0 Å². The Kier molecular flexibility index (Phi) is 13.2. The molecule has 4 aliphatic carbocycles. The minimum atomic E-state index is -0.375. The monoisotopic (exact) mass is 528 g/mol. The van der Waals surface area contributed by atoms with E-state index in [0.717, 1.165) is 37.0 Å². The van der Waals surface area contributed by atoms with E-state index >= 15 is 0 Å². The molecule has 0 saturated heterocycles. The van der Waals surface area contributed by atoms with Crippen molar-refractivity contribution in [2.75, 3.05) is 0 Å². The molecule has 4 rings (SSSR count). The third kappa shape index (κ3) is 8.17. The topological polar surface area (TPSA) is 77.8 Å². The van der Waals surface area contributed by atoms with Crippen LogP contribution in [-0.4, -0.2) is 33.1 Å². The molecule has 0 aromatic heterocycles. The van der Waals surface area contributed by atoms with Crippen LogP contribution in [0, 0.1) is 17.8 Å². The van der Waals surface area contributed by atoms with E-state index in [2.05, 4.69) is 0 Å². The van der Waals surface area contributed by atoms with Crippen LogP contribution in [0.3, 0.4) is 0 Å². The Morgan fingerprint density at radius 1 is 0.909 bits per heavy atom. The second kappa shape index (κ2) is 11.5. The van der Waals surface area contributed by atoms with Gasteiger partial charge in [-0.2, -0.15) is 0 Å². The van der Waals surface area contributed by atoms with Crippen molar-refractivity contribution in [2.45, 2.75) is 76.6 Å². The second-order valence-corrected chi connectivity index (χ2v) is 7.08. The van der Waals surface area contributed by atoms with E-state index in [9.17, 15) is 5.11 Å². The van der Waals surface area contributed by atoms with E-state index in [0.29, 0.717) is 26.2 Å². The summed E-state index contributed by atoms with van der Waals surface area (Å²) in [7, 11) is 0. The molecule has 22 heavy (non-hydrogen) atoms. The average molecular weight is 529 g/mol. The molecule has 0 aromatic carbocycles. The van der Waals surface area contributed by atoms with Gasteiger partial charge < -0.3 is 15.3 Å². The zero-order valence-electron chi connectivity index (χ0n) is 13.3. The van der Waals surface area contributed by atoms with Crippen molar-refractivity contribution < 1.29 is 38.5 Å². The van der Waals surface area contributed by atoms with E-state index in [4.69, 9.17) is 13.6 Å². The molecule has 0 radical (unpaired) electrons. The summed E-state index contributed by atoms with van der Waals surface area (Å²) < 4.78 is 8.33. The van der Waals surface area contributed by atoms with Gasteiger partial charge in [0.25, 0.3) is 0 Å². The Morgan fingerprint density at radius 3 is 1.32 bits per heavy atom. The van der Waals surface area contributed by atoms with Crippen LogP contribution in [0.15, 0.2) is 0 Å². The van der Waals surface area contributed by atoms with Gasteiger partial charge in [0.2, 0.25) is 0 Å². The SMILES string of the molecule is CC(O)CC(C)O.Cl.Cl.OC12CC3CC(CC(C3)C1)C2.[O]=[W]. The molecule has 4 aliphatic rings. The number of hydrogen-bond donors (Lipinski definition) is 3. The molecule has 0 heterocycles. The fraction of sp³-hybridized carbons (Fsp3) is 1.00. The normalized spacial score (nSPS) is 36.3. The van der Waals surface area contributed by atoms with E-state index < -0.39 is 0 Å². The first-order valence-corrected chi connectivity index (χ1v) is 8.81. The summed E-state index contributed by atoms with van der Waals surface area (Å²) in [5, 5.41) is 27.2. The number of halogens is 2. The quantitative estimate of drug-likeness (QED) is 0.515. The summed E-state index contributed by atoms with van der Waals surface area (Å²) in [6.45, 7) is 3.32. The molecule has 134 valence electrons. The van der Waals surface area contributed by atoms with E-state index in [-0.39, 0.29) is 42.6 Å². The molecule has 2 atom stereocenters. The van der Waals surface area contributed by atoms with E-state index in [1.165, 1.54) is 19.3 Å². The third-order valence-corrected chi connectivity index (χ3v) is 4.69. The molecule has 0 aromatic rings. The minimum absolute atomic E-state index is 0. The van der Waals surface area contributed by atoms with Crippen LogP contribution in [0.2, 0.25) is 0 Å². The first kappa shape index (κ1) is 25.2. The summed E-state index contributed by atoms with van der Waals surface area (Å²) in [4.78, 5) is 0. The Balaban J connectivity index is 0. The molecule has 3 N–H and O–H groups in total. The van der Waals surface area contributed by atoms with Crippen molar-refractivity contribution in [2.24, 2.45) is 17.8 Å². The molecule has 0 amide bonds. The van der Waals surface area contributed by atoms with Crippen molar-refractivity contribution in [3.63, 3.8) is 0 Å². The fourth-order valence-corrected chi connectivity index (χ4v) is 4.56. The molecule has 7 heteroatoms. The van der Waals surface area contributed by atoms with E-state index in [1.54, 1.807) is 13.8 Å². The number of aliphatic hydroxyl groups excluding tert-OH is 2. The maximum absolute atomic E-state index is 10.1. The first-order valence-electron chi connectivity index (χ1n) is 7.61. The zero-order valence-corrected chi connectivity index (χ0v) is 17.9. The van der Waals surface area contributed by atoms with Gasteiger partial charge in [-0.1, -0.05) is 0 Å². The van der Waals surface area contributed by atoms with Crippen molar-refractivity contribution in [3.8, 4) is 0 Å². The maximum atomic E-state index is 10.1. The first-order chi connectivity index (χ1) is 9.36. The predicted octanol–water partition coefficient (Wildman–Crippen LogP) is 2.81. The van der Waals surface area contributed by atoms with Crippen LogP contribution in [0.4, 0.5) is 0 Å². The van der Waals surface area contributed by atoms with Gasteiger partial charge >= 0.3 is 23.2 Å². The van der Waals surface area contributed by atoms with Gasteiger partial charge in [0.1, 0.15) is 0 Å². The second-order valence-electron chi connectivity index (χ2n) is 7.08. The summed E-state index contributed by atoms with van der Waals surface area (Å²) in [6.07, 6.45) is 7.39. The van der Waals surface area contributed by atoms with Crippen LogP contribution >= 0.6 is 24.8 Å². The van der Waals surface area contributed by atoms with Gasteiger partial charge in [-0.25, -0.2) is 0 Å². The molecule has 0 aliphatic heterocycles. The number of rotatable bonds is 2. The molecule has 4 saturated carbocycles. The average Bonchev–Trinajstić information content (AvgIpc) is 2.26. The van der Waals surface area contributed by atoms with Crippen LogP contribution in [0.5, 0.6) is 0 Å². The molecule has 0 spiro atoms. The number of aliphatic hydroxyl groups is 3. The summed E-state index contributed by atoms with van der Waals surface area (Å²) in [6, 6.07) is 0. The van der Waals surface area contributed by atoms with Gasteiger partial charge in [-0.05, 0) is 76.5 Å². The molecule has 4 bridgehead atoms. The third-order valence-electron chi connectivity index (χ3n) is 4.69. The van der Waals surface area contributed by atoms with Gasteiger partial charge in [-0.15, -0.1) is 24.8 Å². The van der Waals surface area contributed by atoms with Crippen molar-refractivity contribution >= 4 is 24.8 Å². The fourth-order valence-electron chi connectivity index (χ4n) is 4.56. The molecular weight excluding hydrogens is 499 g/mol. The van der Waals surface area contributed by atoms with Crippen LogP contribution in [0.25, 0.3) is 0 Å². The zero-order chi connectivity index (χ0) is 15.3. The van der Waals surface area contributed by atoms with Gasteiger partial charge in [-0.3, -0.25) is 0 Å². The Morgan fingerprint density at radius 2 is 1.18 bits per heavy atom. The molecule has 4 fully saturated rings. The van der Waals surface area contributed by atoms with Crippen molar-refractivity contribution in [3.05, 3.63) is 0 Å². The van der Waals surface area contributed by atoms with E-state index in [1.807, 2.05) is 0 Å². The summed E-state index contributed by atoms with van der Waals surface area (Å²) in [5.41, 5.74) is -0.200. The van der Waals surface area contributed by atoms with Crippen LogP contribution in [-0.2, 0) is 23.2 Å². The number of hydrogen-bond acceptors (Lipinski definition) is 4. The summed E-state index contributed by atoms with van der Waals surface area (Å²) >= 11 is 0.333. The van der Waals surface area contributed by atoms with Crippen molar-refractivity contribution in [1.82, 2.24) is 0 Å². The predicted molar refractivity (Wildman–Crippen MR) is 86.3 cm³/mol. The van der Waals surface area contributed by atoms with Gasteiger partial charge in [0, 0.05) is 0 Å². The Labute approximate surface area is 157 Å². The Hall–Kier alpha value is 0.948. The Bertz CT molecular complexity index is 262. The standard InChI is InChI=1S/C10H16O.C5H12O2.2ClH.O.W/c11-10-4-7-1-8(5-10)3-9(2-7)6-10;1-4(6)3-5(2)7;;;;/h7-9,11H,1-6H2;4-7H,3H2,1-2H3;2*1H;;. The molecule has 2 unspecified atom stereocenters. The summed E-state index contributed by atoms with van der Waals surface area (Å²) in [5.74, 6) is 2.68. The van der Waals surface area contributed by atoms with Crippen LogP contribution < -0.4 is 0 Å². The van der Waals surface area contributed by atoms with Crippen LogP contribution in [0.1, 0.15) is 58.8 Å².